The Morgan fingerprint density at radius 2 is 2.00 bits per heavy atom. The molecule has 7 nitrogen and oxygen atoms in total. The first kappa shape index (κ1) is 21.9. The number of nitrogens with one attached hydrogen (secondary N) is 2. The number of likely N-dealkylation sites (tertiary alicyclic amines) is 1. The quantitative estimate of drug-likeness (QED) is 0.503. The predicted octanol–water partition coefficient (Wildman–Crippen LogP) is 4.14. The van der Waals surface area contributed by atoms with Crippen molar-refractivity contribution in [2.24, 2.45) is 5.92 Å². The van der Waals surface area contributed by atoms with Crippen molar-refractivity contribution < 1.29 is 9.47 Å². The summed E-state index contributed by atoms with van der Waals surface area (Å²) in [6.07, 6.45) is 5.21. The number of hydrogen-bond acceptors (Lipinski definition) is 7. The van der Waals surface area contributed by atoms with E-state index < -0.39 is 0 Å². The lowest BCUT2D eigenvalue weighted by Gasteiger charge is -2.32. The van der Waals surface area contributed by atoms with Crippen LogP contribution >= 0.6 is 0 Å². The van der Waals surface area contributed by atoms with Crippen molar-refractivity contribution in [3.8, 4) is 11.5 Å². The van der Waals surface area contributed by atoms with Crippen LogP contribution in [0.1, 0.15) is 24.8 Å². The van der Waals surface area contributed by atoms with Crippen LogP contribution in [0.15, 0.2) is 42.7 Å². The largest absolute Gasteiger partial charge is 0.493 e. The summed E-state index contributed by atoms with van der Waals surface area (Å²) in [5, 5.41) is 7.87. The van der Waals surface area contributed by atoms with Gasteiger partial charge in [-0.05, 0) is 63.4 Å². The second-order valence-electron chi connectivity index (χ2n) is 9.08. The first-order valence-corrected chi connectivity index (χ1v) is 12.0. The van der Waals surface area contributed by atoms with E-state index in [1.165, 1.54) is 31.5 Å². The van der Waals surface area contributed by atoms with Crippen LogP contribution in [0.3, 0.4) is 0 Å². The minimum Gasteiger partial charge on any atom is -0.493 e. The van der Waals surface area contributed by atoms with E-state index >= 15 is 0 Å². The van der Waals surface area contributed by atoms with Crippen LogP contribution in [0.2, 0.25) is 0 Å². The molecule has 5 rings (SSSR count). The van der Waals surface area contributed by atoms with Gasteiger partial charge in [-0.3, -0.25) is 4.90 Å². The van der Waals surface area contributed by atoms with E-state index in [9.17, 15) is 0 Å². The summed E-state index contributed by atoms with van der Waals surface area (Å²) in [6.45, 7) is 7.31. The highest BCUT2D eigenvalue weighted by Gasteiger charge is 2.35. The van der Waals surface area contributed by atoms with Crippen LogP contribution in [-0.4, -0.2) is 60.8 Å². The molecule has 2 aliphatic rings. The second-order valence-corrected chi connectivity index (χ2v) is 9.08. The van der Waals surface area contributed by atoms with Gasteiger partial charge in [0.2, 0.25) is 0 Å². The van der Waals surface area contributed by atoms with Crippen molar-refractivity contribution in [2.75, 3.05) is 45.2 Å². The van der Waals surface area contributed by atoms with Crippen molar-refractivity contribution >= 4 is 22.4 Å². The lowest BCUT2D eigenvalue weighted by atomic mass is 9.93. The van der Waals surface area contributed by atoms with E-state index in [0.717, 1.165) is 53.6 Å². The maximum atomic E-state index is 6.20. The number of aromatic nitrogens is 2. The van der Waals surface area contributed by atoms with Gasteiger partial charge in [-0.1, -0.05) is 17.7 Å². The maximum absolute atomic E-state index is 6.20. The number of benzene rings is 2. The van der Waals surface area contributed by atoms with Gasteiger partial charge in [-0.15, -0.1) is 0 Å². The molecular formula is C26H33N5O2. The third-order valence-electron chi connectivity index (χ3n) is 6.93. The molecule has 0 radical (unpaired) electrons. The molecule has 2 unspecified atom stereocenters. The van der Waals surface area contributed by atoms with Gasteiger partial charge in [0.25, 0.3) is 0 Å². The molecule has 3 aromatic rings. The average Bonchev–Trinajstić information content (AvgIpc) is 3.26. The van der Waals surface area contributed by atoms with Crippen molar-refractivity contribution in [1.82, 2.24) is 20.2 Å². The number of nitrogens with zero attached hydrogens (tertiary/aromatic N) is 3. The number of fused-ring (bicyclic) bond motifs is 2. The Morgan fingerprint density at radius 3 is 2.85 bits per heavy atom. The number of ether oxygens (including phenoxy) is 2. The summed E-state index contributed by atoms with van der Waals surface area (Å²) in [5.41, 5.74) is 3.02. The van der Waals surface area contributed by atoms with Crippen LogP contribution in [0.4, 0.5) is 11.5 Å². The SMILES string of the molecule is COc1cc2ncnc(Nc3ccc(C)cc3)c2cc1OCCCN1CCC2CCNCC21. The zero-order chi connectivity index (χ0) is 22.6. The Morgan fingerprint density at radius 1 is 1.12 bits per heavy atom. The molecule has 1 aromatic heterocycles. The topological polar surface area (TPSA) is 71.5 Å². The minimum absolute atomic E-state index is 0.650. The van der Waals surface area contributed by atoms with Crippen LogP contribution in [-0.2, 0) is 0 Å². The number of rotatable bonds is 8. The number of piperidine rings is 1. The van der Waals surface area contributed by atoms with E-state index in [0.29, 0.717) is 18.4 Å². The van der Waals surface area contributed by atoms with Gasteiger partial charge in [-0.25, -0.2) is 9.97 Å². The highest BCUT2D eigenvalue weighted by atomic mass is 16.5. The summed E-state index contributed by atoms with van der Waals surface area (Å²) in [6, 6.07) is 12.9. The number of methoxy groups -OCH3 is 1. The van der Waals surface area contributed by atoms with E-state index in [-0.39, 0.29) is 0 Å². The molecule has 2 saturated heterocycles. The Bertz CT molecular complexity index is 1090. The average molecular weight is 448 g/mol. The smallest absolute Gasteiger partial charge is 0.162 e. The summed E-state index contributed by atoms with van der Waals surface area (Å²) in [4.78, 5) is 11.5. The van der Waals surface area contributed by atoms with Gasteiger partial charge in [0.05, 0.1) is 19.2 Å². The zero-order valence-corrected chi connectivity index (χ0v) is 19.5. The summed E-state index contributed by atoms with van der Waals surface area (Å²) in [5.74, 6) is 3.04. The standard InChI is InChI=1S/C26H33N5O2/c1-18-4-6-20(7-5-18)30-26-21-14-25(24(32-2)15-22(21)28-17-29-26)33-13-3-11-31-12-9-19-8-10-27-16-23(19)31/h4-7,14-15,17,19,23,27H,3,8-13,16H2,1-2H3,(H,28,29,30). The Labute approximate surface area is 195 Å². The predicted molar refractivity (Wildman–Crippen MR) is 132 cm³/mol. The molecule has 2 fully saturated rings. The highest BCUT2D eigenvalue weighted by Crippen LogP contribution is 2.35. The molecule has 2 N–H and O–H groups in total. The molecule has 3 heterocycles. The molecule has 2 aromatic carbocycles. The van der Waals surface area contributed by atoms with Gasteiger partial charge in [-0.2, -0.15) is 0 Å². The maximum Gasteiger partial charge on any atom is 0.162 e. The molecule has 2 atom stereocenters. The molecular weight excluding hydrogens is 414 g/mol. The van der Waals surface area contributed by atoms with Gasteiger partial charge in [0.15, 0.2) is 11.5 Å². The molecule has 0 amide bonds. The number of hydrogen-bond donors (Lipinski definition) is 2. The monoisotopic (exact) mass is 447 g/mol. The van der Waals surface area contributed by atoms with Gasteiger partial charge < -0.3 is 20.1 Å². The zero-order valence-electron chi connectivity index (χ0n) is 19.5. The number of anilines is 2. The lowest BCUT2D eigenvalue weighted by molar-refractivity contribution is 0.179. The normalized spacial score (nSPS) is 20.5. The molecule has 0 bridgehead atoms. The van der Waals surface area contributed by atoms with Crippen LogP contribution in [0, 0.1) is 12.8 Å². The molecule has 0 saturated carbocycles. The van der Waals surface area contributed by atoms with Crippen LogP contribution in [0.25, 0.3) is 10.9 Å². The third kappa shape index (κ3) is 4.89. The van der Waals surface area contributed by atoms with Crippen molar-refractivity contribution in [3.05, 3.63) is 48.3 Å². The van der Waals surface area contributed by atoms with Gasteiger partial charge >= 0.3 is 0 Å². The molecule has 174 valence electrons. The molecule has 0 spiro atoms. The van der Waals surface area contributed by atoms with E-state index in [1.807, 2.05) is 12.1 Å². The van der Waals surface area contributed by atoms with E-state index in [2.05, 4.69) is 56.7 Å². The van der Waals surface area contributed by atoms with Crippen LogP contribution < -0.4 is 20.1 Å². The third-order valence-corrected chi connectivity index (χ3v) is 6.93. The van der Waals surface area contributed by atoms with Gasteiger partial charge in [0.1, 0.15) is 12.1 Å². The van der Waals surface area contributed by atoms with Crippen molar-refractivity contribution in [2.45, 2.75) is 32.2 Å². The Hall–Kier alpha value is -2.90. The minimum atomic E-state index is 0.650. The first-order chi connectivity index (χ1) is 16.2. The first-order valence-electron chi connectivity index (χ1n) is 12.0. The second kappa shape index (κ2) is 9.93. The fourth-order valence-corrected chi connectivity index (χ4v) is 5.09. The van der Waals surface area contributed by atoms with Crippen LogP contribution in [0.5, 0.6) is 11.5 Å². The Balaban J connectivity index is 1.27. The van der Waals surface area contributed by atoms with E-state index in [1.54, 1.807) is 13.4 Å². The summed E-state index contributed by atoms with van der Waals surface area (Å²) >= 11 is 0. The Kier molecular flexibility index (Phi) is 6.60. The molecule has 2 aliphatic heterocycles. The van der Waals surface area contributed by atoms with Crippen molar-refractivity contribution in [3.63, 3.8) is 0 Å². The fraction of sp³-hybridized carbons (Fsp3) is 0.462. The number of aryl methyl sites for hydroxylation is 1. The lowest BCUT2D eigenvalue weighted by Crippen LogP contribution is -2.46. The molecule has 0 aliphatic carbocycles. The molecule has 33 heavy (non-hydrogen) atoms. The van der Waals surface area contributed by atoms with Gasteiger partial charge in [0, 0.05) is 36.3 Å². The van der Waals surface area contributed by atoms with E-state index in [4.69, 9.17) is 9.47 Å². The summed E-state index contributed by atoms with van der Waals surface area (Å²) < 4.78 is 11.8. The summed E-state index contributed by atoms with van der Waals surface area (Å²) in [7, 11) is 1.67. The molecule has 7 heteroatoms. The highest BCUT2D eigenvalue weighted by molar-refractivity contribution is 5.93. The fourth-order valence-electron chi connectivity index (χ4n) is 5.09. The van der Waals surface area contributed by atoms with Crippen molar-refractivity contribution in [1.29, 1.82) is 0 Å².